The number of benzene rings is 1. The predicted molar refractivity (Wildman–Crippen MR) is 51.0 cm³/mol. The summed E-state index contributed by atoms with van der Waals surface area (Å²) < 4.78 is 0. The van der Waals surface area contributed by atoms with Crippen LogP contribution in [0.2, 0.25) is 0 Å². The Hall–Kier alpha value is 0.248. The van der Waals surface area contributed by atoms with E-state index in [4.69, 9.17) is 33.4 Å². The third-order valence-electron chi connectivity index (χ3n) is 1.02. The van der Waals surface area contributed by atoms with Gasteiger partial charge in [0.05, 0.1) is 5.56 Å². The SMILES string of the molecule is O=C(O)c1ccccc1.[Cl][Mo]([Cl])[Cl]. The number of carbonyl (C=O) groups is 1. The molecule has 0 saturated carbocycles. The normalized spacial score (nSPS) is 8.92. The summed E-state index contributed by atoms with van der Waals surface area (Å²) >= 11 is -1.94. The molecule has 73 valence electrons. The van der Waals surface area contributed by atoms with E-state index in [0.717, 1.165) is 0 Å². The Morgan fingerprint density at radius 1 is 1.15 bits per heavy atom. The van der Waals surface area contributed by atoms with Gasteiger partial charge in [0.25, 0.3) is 0 Å². The monoisotopic (exact) mass is 325 g/mol. The fraction of sp³-hybridized carbons (Fsp3) is 0. The van der Waals surface area contributed by atoms with Crippen LogP contribution < -0.4 is 0 Å². The van der Waals surface area contributed by atoms with E-state index in [0.29, 0.717) is 5.56 Å². The third-order valence-corrected chi connectivity index (χ3v) is 1.02. The topological polar surface area (TPSA) is 37.3 Å². The van der Waals surface area contributed by atoms with E-state index in [1.54, 1.807) is 30.3 Å². The zero-order valence-corrected chi connectivity index (χ0v) is 10.6. The molecule has 0 unspecified atom stereocenters. The van der Waals surface area contributed by atoms with Gasteiger partial charge in [-0.05, 0) is 12.1 Å². The zero-order valence-electron chi connectivity index (χ0n) is 6.28. The van der Waals surface area contributed by atoms with Crippen molar-refractivity contribution in [2.45, 2.75) is 0 Å². The molecule has 1 aromatic carbocycles. The van der Waals surface area contributed by atoms with Crippen LogP contribution in [0.3, 0.4) is 0 Å². The van der Waals surface area contributed by atoms with E-state index >= 15 is 0 Å². The summed E-state index contributed by atoms with van der Waals surface area (Å²) in [6.45, 7) is 0. The molecular formula is C7H6Cl3MoO2. The molecule has 0 fully saturated rings. The van der Waals surface area contributed by atoms with Crippen LogP contribution in [0.15, 0.2) is 30.3 Å². The van der Waals surface area contributed by atoms with Gasteiger partial charge >= 0.3 is 48.4 Å². The van der Waals surface area contributed by atoms with Gasteiger partial charge in [0.15, 0.2) is 0 Å². The van der Waals surface area contributed by atoms with Gasteiger partial charge in [-0.25, -0.2) is 4.79 Å². The average molecular weight is 324 g/mol. The maximum absolute atomic E-state index is 10.2. The minimum absolute atomic E-state index is 0.331. The standard InChI is InChI=1S/C7H6O2.3ClH.Mo/c8-7(9)6-4-2-1-3-5-6;;;;/h1-5H,(H,8,9);3*1H;/q;;;;+3/p-3. The van der Waals surface area contributed by atoms with Crippen LogP contribution >= 0.6 is 28.3 Å². The molecule has 0 heterocycles. The Bertz CT molecular complexity index is 250. The van der Waals surface area contributed by atoms with Crippen molar-refractivity contribution in [2.75, 3.05) is 0 Å². The Balaban J connectivity index is 0.000000310. The Labute approximate surface area is 93.8 Å². The Morgan fingerprint density at radius 3 is 1.77 bits per heavy atom. The molecule has 0 aromatic heterocycles. The van der Waals surface area contributed by atoms with E-state index < -0.39 is 20.2 Å². The van der Waals surface area contributed by atoms with Gasteiger partial charge in [-0.2, -0.15) is 0 Å². The van der Waals surface area contributed by atoms with Crippen molar-refractivity contribution >= 4 is 34.2 Å². The van der Waals surface area contributed by atoms with Crippen LogP contribution in [-0.2, 0) is 14.2 Å². The second-order valence-electron chi connectivity index (χ2n) is 1.85. The van der Waals surface area contributed by atoms with Crippen molar-refractivity contribution in [3.05, 3.63) is 35.9 Å². The van der Waals surface area contributed by atoms with E-state index in [9.17, 15) is 4.79 Å². The van der Waals surface area contributed by atoms with Gasteiger partial charge in [0.2, 0.25) is 0 Å². The number of hydrogen-bond donors (Lipinski definition) is 1. The van der Waals surface area contributed by atoms with Crippen LogP contribution in [0.5, 0.6) is 0 Å². The van der Waals surface area contributed by atoms with Gasteiger partial charge in [-0.1, -0.05) is 18.2 Å². The van der Waals surface area contributed by atoms with E-state index in [1.807, 2.05) is 0 Å². The molecule has 0 saturated heterocycles. The summed E-state index contributed by atoms with van der Waals surface area (Å²) in [5.74, 6) is -0.879. The Morgan fingerprint density at radius 2 is 1.54 bits per heavy atom. The second-order valence-corrected chi connectivity index (χ2v) is 11.0. The fourth-order valence-corrected chi connectivity index (χ4v) is 0.581. The third kappa shape index (κ3) is 8.57. The quantitative estimate of drug-likeness (QED) is 0.804. The van der Waals surface area contributed by atoms with E-state index in [2.05, 4.69) is 0 Å². The molecule has 0 aliphatic heterocycles. The molecule has 0 spiro atoms. The number of hydrogen-bond acceptors (Lipinski definition) is 1. The van der Waals surface area contributed by atoms with Crippen LogP contribution in [0, 0.1) is 0 Å². The number of carboxylic acid groups (broad SMARTS) is 1. The summed E-state index contributed by atoms with van der Waals surface area (Å²) in [6, 6.07) is 8.30. The summed E-state index contributed by atoms with van der Waals surface area (Å²) in [5, 5.41) is 8.38. The molecule has 13 heavy (non-hydrogen) atoms. The fourth-order valence-electron chi connectivity index (χ4n) is 0.581. The van der Waals surface area contributed by atoms with Crippen molar-refractivity contribution in [3.8, 4) is 0 Å². The van der Waals surface area contributed by atoms with Crippen molar-refractivity contribution in [1.29, 1.82) is 0 Å². The first-order valence-corrected chi connectivity index (χ1v) is 10.8. The molecule has 6 heteroatoms. The Kier molecular flexibility index (Phi) is 7.78. The van der Waals surface area contributed by atoms with Gasteiger partial charge in [0, 0.05) is 0 Å². The van der Waals surface area contributed by atoms with E-state index in [1.165, 1.54) is 0 Å². The van der Waals surface area contributed by atoms with E-state index in [-0.39, 0.29) is 0 Å². The number of aromatic carboxylic acids is 1. The van der Waals surface area contributed by atoms with Crippen LogP contribution in [0.25, 0.3) is 0 Å². The molecule has 1 N–H and O–H groups in total. The van der Waals surface area contributed by atoms with Crippen molar-refractivity contribution in [1.82, 2.24) is 0 Å². The average Bonchev–Trinajstić information content (AvgIpc) is 2.05. The summed E-state index contributed by atoms with van der Waals surface area (Å²) in [6.07, 6.45) is 0. The summed E-state index contributed by atoms with van der Waals surface area (Å²) in [5.41, 5.74) is 0.331. The van der Waals surface area contributed by atoms with Gasteiger partial charge < -0.3 is 5.11 Å². The minimum atomic E-state index is -1.94. The van der Waals surface area contributed by atoms with Crippen molar-refractivity contribution in [3.63, 3.8) is 0 Å². The van der Waals surface area contributed by atoms with Crippen molar-refractivity contribution < 1.29 is 24.1 Å². The number of halogens is 3. The second kappa shape index (κ2) is 7.63. The molecule has 0 radical (unpaired) electrons. The molecule has 1 rings (SSSR count). The molecular weight excluding hydrogens is 318 g/mol. The van der Waals surface area contributed by atoms with Crippen LogP contribution in [-0.4, -0.2) is 11.1 Å². The summed E-state index contributed by atoms with van der Waals surface area (Å²) in [4.78, 5) is 10.2. The molecule has 0 aliphatic rings. The number of rotatable bonds is 1. The van der Waals surface area contributed by atoms with Gasteiger partial charge in [0.1, 0.15) is 0 Å². The molecule has 0 aliphatic carbocycles. The molecule has 0 atom stereocenters. The molecule has 0 bridgehead atoms. The first-order chi connectivity index (χ1) is 6.04. The predicted octanol–water partition coefficient (Wildman–Crippen LogP) is 3.45. The number of carboxylic acids is 1. The van der Waals surface area contributed by atoms with Gasteiger partial charge in [-0.15, -0.1) is 0 Å². The van der Waals surface area contributed by atoms with Crippen LogP contribution in [0.1, 0.15) is 10.4 Å². The zero-order chi connectivity index (χ0) is 10.3. The van der Waals surface area contributed by atoms with Crippen LogP contribution in [0.4, 0.5) is 0 Å². The summed E-state index contributed by atoms with van der Waals surface area (Å²) in [7, 11) is 14.9. The maximum atomic E-state index is 10.2. The molecule has 0 amide bonds. The first-order valence-electron chi connectivity index (χ1n) is 3.05. The molecule has 2 nitrogen and oxygen atoms in total. The van der Waals surface area contributed by atoms with Crippen molar-refractivity contribution in [2.24, 2.45) is 0 Å². The van der Waals surface area contributed by atoms with Gasteiger partial charge in [-0.3, -0.25) is 0 Å². The molecule has 1 aromatic rings. The first kappa shape index (κ1) is 13.2.